The average molecular weight is 464 g/mol. The summed E-state index contributed by atoms with van der Waals surface area (Å²) in [5.41, 5.74) is 3.36. The Kier molecular flexibility index (Phi) is 7.15. The smallest absolute Gasteiger partial charge is 0.258 e. The summed E-state index contributed by atoms with van der Waals surface area (Å²) in [7, 11) is 3.38. The highest BCUT2D eigenvalue weighted by Crippen LogP contribution is 2.30. The molecule has 2 heterocycles. The summed E-state index contributed by atoms with van der Waals surface area (Å²) in [4.78, 5) is 21.2. The Morgan fingerprint density at radius 3 is 2.76 bits per heavy atom. The molecule has 1 amide bonds. The molecule has 0 bridgehead atoms. The summed E-state index contributed by atoms with van der Waals surface area (Å²) in [6.45, 7) is 1.51. The molecule has 0 saturated carbocycles. The number of aromatic nitrogens is 1. The number of nitrogens with zero attached hydrogens (tertiary/aromatic N) is 3. The Hall–Kier alpha value is -3.51. The van der Waals surface area contributed by atoms with Gasteiger partial charge in [-0.05, 0) is 48.5 Å². The van der Waals surface area contributed by atoms with E-state index >= 15 is 0 Å². The SMILES string of the molecule is CO/C=C\c1cc(C(=O)N(C)c2ccccc2)ccc1N1CCC(Oc2ncccc2Cl)C1. The van der Waals surface area contributed by atoms with Gasteiger partial charge in [-0.1, -0.05) is 29.8 Å². The maximum atomic E-state index is 13.1. The van der Waals surface area contributed by atoms with E-state index < -0.39 is 0 Å². The van der Waals surface area contributed by atoms with Crippen LogP contribution in [0.15, 0.2) is 73.1 Å². The molecular weight excluding hydrogens is 438 g/mol. The molecule has 0 radical (unpaired) electrons. The zero-order valence-corrected chi connectivity index (χ0v) is 19.4. The second kappa shape index (κ2) is 10.4. The van der Waals surface area contributed by atoms with Crippen LogP contribution in [0.3, 0.4) is 0 Å². The molecule has 1 aromatic heterocycles. The first kappa shape index (κ1) is 22.7. The molecule has 1 aliphatic rings. The summed E-state index contributed by atoms with van der Waals surface area (Å²) in [5.74, 6) is 0.377. The number of hydrogen-bond donors (Lipinski definition) is 0. The van der Waals surface area contributed by atoms with Crippen molar-refractivity contribution in [3.8, 4) is 5.88 Å². The van der Waals surface area contributed by atoms with Crippen LogP contribution in [0.2, 0.25) is 5.02 Å². The van der Waals surface area contributed by atoms with Gasteiger partial charge in [0, 0.05) is 48.7 Å². The summed E-state index contributed by atoms with van der Waals surface area (Å²) in [5, 5.41) is 0.505. The fourth-order valence-corrected chi connectivity index (χ4v) is 4.04. The summed E-state index contributed by atoms with van der Waals surface area (Å²) < 4.78 is 11.2. The number of benzene rings is 2. The molecule has 1 aliphatic heterocycles. The van der Waals surface area contributed by atoms with Crippen LogP contribution in [-0.4, -0.2) is 44.2 Å². The van der Waals surface area contributed by atoms with Gasteiger partial charge >= 0.3 is 0 Å². The molecule has 0 N–H and O–H groups in total. The monoisotopic (exact) mass is 463 g/mol. The van der Waals surface area contributed by atoms with Gasteiger partial charge in [0.1, 0.15) is 11.1 Å². The first-order chi connectivity index (χ1) is 16.1. The normalized spacial score (nSPS) is 15.6. The molecule has 2 aromatic carbocycles. The van der Waals surface area contributed by atoms with Crippen molar-refractivity contribution in [2.75, 3.05) is 37.0 Å². The lowest BCUT2D eigenvalue weighted by atomic mass is 10.1. The van der Waals surface area contributed by atoms with Gasteiger partial charge in [-0.25, -0.2) is 4.98 Å². The largest absolute Gasteiger partial charge is 0.504 e. The van der Waals surface area contributed by atoms with Gasteiger partial charge in [0.25, 0.3) is 5.91 Å². The minimum absolute atomic E-state index is 0.0258. The molecule has 0 aliphatic carbocycles. The van der Waals surface area contributed by atoms with E-state index in [1.54, 1.807) is 43.6 Å². The number of carbonyl (C=O) groups excluding carboxylic acids is 1. The van der Waals surface area contributed by atoms with Crippen LogP contribution in [0.25, 0.3) is 6.08 Å². The predicted octanol–water partition coefficient (Wildman–Crippen LogP) is 5.29. The van der Waals surface area contributed by atoms with E-state index in [2.05, 4.69) is 9.88 Å². The average Bonchev–Trinajstić information content (AvgIpc) is 3.32. The fourth-order valence-electron chi connectivity index (χ4n) is 3.87. The molecular formula is C26H26ClN3O3. The second-order valence-corrected chi connectivity index (χ2v) is 8.18. The first-order valence-electron chi connectivity index (χ1n) is 10.8. The molecule has 1 saturated heterocycles. The van der Waals surface area contributed by atoms with Crippen LogP contribution in [0, 0.1) is 0 Å². The number of anilines is 2. The van der Waals surface area contributed by atoms with E-state index in [0.29, 0.717) is 23.0 Å². The maximum Gasteiger partial charge on any atom is 0.258 e. The number of amides is 1. The summed E-state index contributed by atoms with van der Waals surface area (Å²) >= 11 is 6.20. The van der Waals surface area contributed by atoms with E-state index in [9.17, 15) is 4.79 Å². The molecule has 170 valence electrons. The van der Waals surface area contributed by atoms with Gasteiger partial charge in [-0.15, -0.1) is 0 Å². The standard InChI is InChI=1S/C26H26ClN3O3/c1-29(21-7-4-3-5-8-21)26(31)20-10-11-24(19(17-20)13-16-32-2)30-15-12-22(18-30)33-25-23(27)9-6-14-28-25/h3-11,13-14,16-17,22H,12,15,18H2,1-2H3/b16-13-. The van der Waals surface area contributed by atoms with E-state index in [-0.39, 0.29) is 12.0 Å². The van der Waals surface area contributed by atoms with Gasteiger partial charge in [-0.2, -0.15) is 0 Å². The Balaban J connectivity index is 1.54. The molecule has 7 heteroatoms. The van der Waals surface area contributed by atoms with Crippen LogP contribution < -0.4 is 14.5 Å². The van der Waals surface area contributed by atoms with Crippen LogP contribution in [-0.2, 0) is 4.74 Å². The highest BCUT2D eigenvalue weighted by atomic mass is 35.5. The van der Waals surface area contributed by atoms with Crippen molar-refractivity contribution in [1.82, 2.24) is 4.98 Å². The van der Waals surface area contributed by atoms with Crippen LogP contribution in [0.5, 0.6) is 5.88 Å². The summed E-state index contributed by atoms with van der Waals surface area (Å²) in [6, 6.07) is 18.9. The van der Waals surface area contributed by atoms with Crippen molar-refractivity contribution in [2.45, 2.75) is 12.5 Å². The molecule has 4 rings (SSSR count). The van der Waals surface area contributed by atoms with Gasteiger partial charge in [0.15, 0.2) is 0 Å². The third-order valence-electron chi connectivity index (χ3n) is 5.60. The molecule has 1 fully saturated rings. The van der Waals surface area contributed by atoms with Crippen molar-refractivity contribution >= 4 is 35.0 Å². The molecule has 1 atom stereocenters. The van der Waals surface area contributed by atoms with Crippen molar-refractivity contribution in [3.05, 3.63) is 89.3 Å². The fraction of sp³-hybridized carbons (Fsp3) is 0.231. The second-order valence-electron chi connectivity index (χ2n) is 7.78. The molecule has 0 spiro atoms. The Morgan fingerprint density at radius 1 is 1.18 bits per heavy atom. The number of para-hydroxylation sites is 1. The zero-order valence-electron chi connectivity index (χ0n) is 18.6. The number of methoxy groups -OCH3 is 1. The quantitative estimate of drug-likeness (QED) is 0.446. The van der Waals surface area contributed by atoms with Gasteiger partial charge in [0.05, 0.1) is 19.9 Å². The van der Waals surface area contributed by atoms with Crippen LogP contribution >= 0.6 is 11.6 Å². The minimum atomic E-state index is -0.0766. The van der Waals surface area contributed by atoms with E-state index in [0.717, 1.165) is 29.9 Å². The third-order valence-corrected chi connectivity index (χ3v) is 5.88. The highest BCUT2D eigenvalue weighted by molar-refractivity contribution is 6.31. The number of halogens is 1. The van der Waals surface area contributed by atoms with E-state index in [1.807, 2.05) is 54.6 Å². The molecule has 1 unspecified atom stereocenters. The van der Waals surface area contributed by atoms with Crippen molar-refractivity contribution < 1.29 is 14.3 Å². The Morgan fingerprint density at radius 2 is 2.00 bits per heavy atom. The lowest BCUT2D eigenvalue weighted by Gasteiger charge is -2.23. The third kappa shape index (κ3) is 5.29. The predicted molar refractivity (Wildman–Crippen MR) is 132 cm³/mol. The Labute approximate surface area is 199 Å². The maximum absolute atomic E-state index is 13.1. The number of hydrogen-bond acceptors (Lipinski definition) is 5. The van der Waals surface area contributed by atoms with Gasteiger partial charge in [0.2, 0.25) is 5.88 Å². The highest BCUT2D eigenvalue weighted by Gasteiger charge is 2.27. The van der Waals surface area contributed by atoms with E-state index in [4.69, 9.17) is 21.1 Å². The molecule has 3 aromatic rings. The van der Waals surface area contributed by atoms with Crippen molar-refractivity contribution in [2.24, 2.45) is 0 Å². The molecule has 6 nitrogen and oxygen atoms in total. The topological polar surface area (TPSA) is 54.9 Å². The lowest BCUT2D eigenvalue weighted by Crippen LogP contribution is -2.27. The first-order valence-corrected chi connectivity index (χ1v) is 11.1. The van der Waals surface area contributed by atoms with Gasteiger partial charge in [-0.3, -0.25) is 4.79 Å². The summed E-state index contributed by atoms with van der Waals surface area (Å²) in [6.07, 6.45) is 5.98. The van der Waals surface area contributed by atoms with Crippen molar-refractivity contribution in [3.63, 3.8) is 0 Å². The minimum Gasteiger partial charge on any atom is -0.504 e. The van der Waals surface area contributed by atoms with Crippen molar-refractivity contribution in [1.29, 1.82) is 0 Å². The zero-order chi connectivity index (χ0) is 23.2. The number of pyridine rings is 1. The van der Waals surface area contributed by atoms with Crippen LogP contribution in [0.4, 0.5) is 11.4 Å². The van der Waals surface area contributed by atoms with Crippen LogP contribution in [0.1, 0.15) is 22.3 Å². The number of ether oxygens (including phenoxy) is 2. The Bertz CT molecular complexity index is 1140. The van der Waals surface area contributed by atoms with E-state index in [1.165, 1.54) is 0 Å². The number of rotatable bonds is 7. The molecule has 33 heavy (non-hydrogen) atoms. The van der Waals surface area contributed by atoms with Gasteiger partial charge < -0.3 is 19.3 Å². The lowest BCUT2D eigenvalue weighted by molar-refractivity contribution is 0.0993. The number of carbonyl (C=O) groups is 1.